The lowest BCUT2D eigenvalue weighted by Gasteiger charge is -2.17. The third-order valence-electron chi connectivity index (χ3n) is 4.00. The van der Waals surface area contributed by atoms with E-state index in [-0.39, 0.29) is 18.2 Å². The van der Waals surface area contributed by atoms with E-state index in [1.165, 1.54) is 0 Å². The average molecular weight is 363 g/mol. The van der Waals surface area contributed by atoms with Gasteiger partial charge in [0, 0.05) is 24.3 Å². The second kappa shape index (κ2) is 6.83. The zero-order valence-corrected chi connectivity index (χ0v) is 14.6. The van der Waals surface area contributed by atoms with E-state index >= 15 is 0 Å². The van der Waals surface area contributed by atoms with Gasteiger partial charge in [-0.25, -0.2) is 0 Å². The van der Waals surface area contributed by atoms with Crippen LogP contribution in [0.5, 0.6) is 0 Å². The SMILES string of the molecule is Cc1cccc(N2C[C@@H](C(=O)Nc3ccc(Cl)c(Cl)c3)CC2=O)c1. The Bertz CT molecular complexity index is 807. The molecule has 0 aromatic heterocycles. The summed E-state index contributed by atoms with van der Waals surface area (Å²) in [4.78, 5) is 26.4. The molecule has 0 aliphatic carbocycles. The Hall–Kier alpha value is -2.04. The van der Waals surface area contributed by atoms with E-state index < -0.39 is 5.92 Å². The van der Waals surface area contributed by atoms with Gasteiger partial charge in [-0.3, -0.25) is 9.59 Å². The van der Waals surface area contributed by atoms with Gasteiger partial charge in [-0.15, -0.1) is 0 Å². The molecular weight excluding hydrogens is 347 g/mol. The van der Waals surface area contributed by atoms with E-state index in [1.807, 2.05) is 31.2 Å². The third kappa shape index (κ3) is 3.55. The lowest BCUT2D eigenvalue weighted by atomic mass is 10.1. The smallest absolute Gasteiger partial charge is 0.229 e. The van der Waals surface area contributed by atoms with Crippen molar-refractivity contribution in [3.8, 4) is 0 Å². The number of nitrogens with zero attached hydrogens (tertiary/aromatic N) is 1. The fraction of sp³-hybridized carbons (Fsp3) is 0.222. The van der Waals surface area contributed by atoms with E-state index in [0.717, 1.165) is 11.3 Å². The molecule has 0 saturated carbocycles. The Labute approximate surface area is 150 Å². The summed E-state index contributed by atoms with van der Waals surface area (Å²) < 4.78 is 0. The summed E-state index contributed by atoms with van der Waals surface area (Å²) in [6.45, 7) is 2.34. The summed E-state index contributed by atoms with van der Waals surface area (Å²) in [5.41, 5.74) is 2.46. The minimum Gasteiger partial charge on any atom is -0.326 e. The van der Waals surface area contributed by atoms with Crippen LogP contribution in [-0.4, -0.2) is 18.4 Å². The lowest BCUT2D eigenvalue weighted by Crippen LogP contribution is -2.28. The molecule has 1 aliphatic rings. The van der Waals surface area contributed by atoms with Crippen LogP contribution in [0.25, 0.3) is 0 Å². The first-order chi connectivity index (χ1) is 11.4. The first kappa shape index (κ1) is 16.8. The number of benzene rings is 2. The van der Waals surface area contributed by atoms with Crippen molar-refractivity contribution in [1.29, 1.82) is 0 Å². The highest BCUT2D eigenvalue weighted by Gasteiger charge is 2.35. The highest BCUT2D eigenvalue weighted by atomic mass is 35.5. The van der Waals surface area contributed by atoms with Gasteiger partial charge in [-0.2, -0.15) is 0 Å². The minimum absolute atomic E-state index is 0.0464. The lowest BCUT2D eigenvalue weighted by molar-refractivity contribution is -0.122. The molecule has 2 aromatic carbocycles. The van der Waals surface area contributed by atoms with Crippen LogP contribution in [-0.2, 0) is 9.59 Å². The number of rotatable bonds is 3. The molecule has 1 saturated heterocycles. The van der Waals surface area contributed by atoms with Crippen LogP contribution in [0, 0.1) is 12.8 Å². The Morgan fingerprint density at radius 2 is 1.96 bits per heavy atom. The van der Waals surface area contributed by atoms with Crippen molar-refractivity contribution in [2.24, 2.45) is 5.92 Å². The highest BCUT2D eigenvalue weighted by molar-refractivity contribution is 6.42. The highest BCUT2D eigenvalue weighted by Crippen LogP contribution is 2.28. The summed E-state index contributed by atoms with van der Waals surface area (Å²) in [6, 6.07) is 12.6. The molecule has 24 heavy (non-hydrogen) atoms. The first-order valence-corrected chi connectivity index (χ1v) is 8.32. The summed E-state index contributed by atoms with van der Waals surface area (Å²) >= 11 is 11.8. The van der Waals surface area contributed by atoms with Gasteiger partial charge in [-0.1, -0.05) is 35.3 Å². The van der Waals surface area contributed by atoms with Crippen LogP contribution in [0.15, 0.2) is 42.5 Å². The number of aryl methyl sites for hydroxylation is 1. The molecule has 4 nitrogen and oxygen atoms in total. The maximum atomic E-state index is 12.4. The topological polar surface area (TPSA) is 49.4 Å². The van der Waals surface area contributed by atoms with Gasteiger partial charge >= 0.3 is 0 Å². The van der Waals surface area contributed by atoms with E-state index in [2.05, 4.69) is 5.32 Å². The van der Waals surface area contributed by atoms with Crippen molar-refractivity contribution in [2.45, 2.75) is 13.3 Å². The Morgan fingerprint density at radius 1 is 1.17 bits per heavy atom. The maximum Gasteiger partial charge on any atom is 0.229 e. The molecule has 1 atom stereocenters. The normalized spacial score (nSPS) is 17.2. The van der Waals surface area contributed by atoms with Crippen LogP contribution in [0.2, 0.25) is 10.0 Å². The number of hydrogen-bond acceptors (Lipinski definition) is 2. The number of hydrogen-bond donors (Lipinski definition) is 1. The number of carbonyl (C=O) groups excluding carboxylic acids is 2. The van der Waals surface area contributed by atoms with E-state index in [9.17, 15) is 9.59 Å². The van der Waals surface area contributed by atoms with E-state index in [4.69, 9.17) is 23.2 Å². The summed E-state index contributed by atoms with van der Waals surface area (Å²) in [6.07, 6.45) is 0.196. The van der Waals surface area contributed by atoms with Gasteiger partial charge < -0.3 is 10.2 Å². The number of halogens is 2. The van der Waals surface area contributed by atoms with Crippen molar-refractivity contribution in [2.75, 3.05) is 16.8 Å². The van der Waals surface area contributed by atoms with Crippen molar-refractivity contribution in [3.63, 3.8) is 0 Å². The molecule has 0 spiro atoms. The van der Waals surface area contributed by atoms with Crippen LogP contribution < -0.4 is 10.2 Å². The van der Waals surface area contributed by atoms with E-state index in [0.29, 0.717) is 22.3 Å². The van der Waals surface area contributed by atoms with Crippen LogP contribution >= 0.6 is 23.2 Å². The van der Waals surface area contributed by atoms with Crippen LogP contribution in [0.4, 0.5) is 11.4 Å². The van der Waals surface area contributed by atoms with Crippen molar-refractivity contribution < 1.29 is 9.59 Å². The van der Waals surface area contributed by atoms with Gasteiger partial charge in [0.1, 0.15) is 0 Å². The fourth-order valence-electron chi connectivity index (χ4n) is 2.75. The first-order valence-electron chi connectivity index (χ1n) is 7.57. The van der Waals surface area contributed by atoms with E-state index in [1.54, 1.807) is 23.1 Å². The fourth-order valence-corrected chi connectivity index (χ4v) is 3.04. The Morgan fingerprint density at radius 3 is 2.67 bits per heavy atom. The van der Waals surface area contributed by atoms with Crippen LogP contribution in [0.3, 0.4) is 0 Å². The van der Waals surface area contributed by atoms with Gasteiger partial charge in [0.25, 0.3) is 0 Å². The second-order valence-corrected chi connectivity index (χ2v) is 6.68. The molecule has 0 unspecified atom stereocenters. The Balaban J connectivity index is 1.70. The average Bonchev–Trinajstić information content (AvgIpc) is 2.93. The number of anilines is 2. The van der Waals surface area contributed by atoms with Gasteiger partial charge in [0.05, 0.1) is 16.0 Å². The standard InChI is InChI=1S/C18H16Cl2N2O2/c1-11-3-2-4-14(7-11)22-10-12(8-17(22)23)18(24)21-13-5-6-15(19)16(20)9-13/h2-7,9,12H,8,10H2,1H3,(H,21,24)/t12-/m0/s1. The van der Waals surface area contributed by atoms with Crippen molar-refractivity contribution >= 4 is 46.4 Å². The molecule has 1 aliphatic heterocycles. The van der Waals surface area contributed by atoms with Gasteiger partial charge in [0.15, 0.2) is 0 Å². The zero-order valence-electron chi connectivity index (χ0n) is 13.1. The number of nitrogens with one attached hydrogen (secondary N) is 1. The summed E-state index contributed by atoms with van der Waals surface area (Å²) in [5, 5.41) is 3.60. The molecule has 0 radical (unpaired) electrons. The molecule has 1 heterocycles. The summed E-state index contributed by atoms with van der Waals surface area (Å²) in [7, 11) is 0. The molecule has 0 bridgehead atoms. The van der Waals surface area contributed by atoms with Crippen molar-refractivity contribution in [1.82, 2.24) is 0 Å². The minimum atomic E-state index is -0.396. The molecule has 3 rings (SSSR count). The maximum absolute atomic E-state index is 12.4. The molecule has 6 heteroatoms. The molecule has 2 aromatic rings. The molecular formula is C18H16Cl2N2O2. The van der Waals surface area contributed by atoms with Gasteiger partial charge in [-0.05, 0) is 42.8 Å². The van der Waals surface area contributed by atoms with Crippen molar-refractivity contribution in [3.05, 3.63) is 58.1 Å². The van der Waals surface area contributed by atoms with Gasteiger partial charge in [0.2, 0.25) is 11.8 Å². The monoisotopic (exact) mass is 362 g/mol. The molecule has 2 amide bonds. The largest absolute Gasteiger partial charge is 0.326 e. The predicted octanol–water partition coefficient (Wildman–Crippen LogP) is 4.29. The molecule has 1 fully saturated rings. The third-order valence-corrected chi connectivity index (χ3v) is 4.74. The van der Waals surface area contributed by atoms with Crippen LogP contribution in [0.1, 0.15) is 12.0 Å². The second-order valence-electron chi connectivity index (χ2n) is 5.86. The quantitative estimate of drug-likeness (QED) is 0.884. The molecule has 1 N–H and O–H groups in total. The summed E-state index contributed by atoms with van der Waals surface area (Å²) in [5.74, 6) is -0.640. The molecule has 124 valence electrons. The number of carbonyl (C=O) groups is 2. The Kier molecular flexibility index (Phi) is 4.78. The predicted molar refractivity (Wildman–Crippen MR) is 96.7 cm³/mol. The number of amides is 2. The zero-order chi connectivity index (χ0) is 17.3.